The second-order valence-corrected chi connectivity index (χ2v) is 8.02. The van der Waals surface area contributed by atoms with Gasteiger partial charge in [0.1, 0.15) is 0 Å². The Labute approximate surface area is 171 Å². The van der Waals surface area contributed by atoms with Gasteiger partial charge in [0.15, 0.2) is 5.96 Å². The number of rotatable bonds is 10. The molecule has 1 heterocycles. The molecule has 4 nitrogen and oxygen atoms in total. The Morgan fingerprint density at radius 2 is 1.62 bits per heavy atom. The molecule has 1 saturated heterocycles. The number of aliphatic imine (C=N–C) groups is 1. The Morgan fingerprint density at radius 3 is 2.17 bits per heavy atom. The van der Waals surface area contributed by atoms with E-state index >= 15 is 0 Å². The van der Waals surface area contributed by atoms with Crippen molar-refractivity contribution < 1.29 is 0 Å². The van der Waals surface area contributed by atoms with Crippen LogP contribution in [0.4, 0.5) is 0 Å². The summed E-state index contributed by atoms with van der Waals surface area (Å²) >= 11 is 1.92. The van der Waals surface area contributed by atoms with Gasteiger partial charge < -0.3 is 15.5 Å². The average molecular weight is 471 g/mol. The maximum Gasteiger partial charge on any atom is 0.190 e. The molecular weight excluding hydrogens is 431 g/mol. The van der Waals surface area contributed by atoms with Crippen molar-refractivity contribution in [2.45, 2.75) is 46.0 Å². The van der Waals surface area contributed by atoms with Gasteiger partial charge in [0.2, 0.25) is 0 Å². The lowest BCUT2D eigenvalue weighted by atomic mass is 9.92. The number of hydrogen-bond donors (Lipinski definition) is 2. The highest BCUT2D eigenvalue weighted by atomic mass is 127. The summed E-state index contributed by atoms with van der Waals surface area (Å²) in [6, 6.07) is 0. The molecule has 1 rings (SSSR count). The van der Waals surface area contributed by atoms with Crippen molar-refractivity contribution in [3.05, 3.63) is 0 Å². The van der Waals surface area contributed by atoms with Crippen LogP contribution in [0, 0.1) is 11.8 Å². The smallest absolute Gasteiger partial charge is 0.190 e. The van der Waals surface area contributed by atoms with Gasteiger partial charge in [0.05, 0.1) is 0 Å². The monoisotopic (exact) mass is 470 g/mol. The zero-order chi connectivity index (χ0) is 16.9. The third kappa shape index (κ3) is 11.8. The topological polar surface area (TPSA) is 39.7 Å². The third-order valence-electron chi connectivity index (χ3n) is 4.43. The van der Waals surface area contributed by atoms with Gasteiger partial charge in [-0.1, -0.05) is 13.8 Å². The quantitative estimate of drug-likeness (QED) is 0.221. The molecule has 1 fully saturated rings. The van der Waals surface area contributed by atoms with Gasteiger partial charge >= 0.3 is 0 Å². The molecule has 2 unspecified atom stereocenters. The standard InChI is InChI=1S/C18H38N4S.HI/c1-16-13-17(2)15-22(14-16)11-7-5-9-20-18(19-3)21-10-6-8-12-23-4;/h16-17H,5-15H2,1-4H3,(H2,19,20,21);1H. The van der Waals surface area contributed by atoms with E-state index in [0.717, 1.165) is 30.9 Å². The summed E-state index contributed by atoms with van der Waals surface area (Å²) in [5.41, 5.74) is 0. The minimum atomic E-state index is 0. The summed E-state index contributed by atoms with van der Waals surface area (Å²) in [6.45, 7) is 10.6. The fourth-order valence-electron chi connectivity index (χ4n) is 3.44. The number of nitrogens with one attached hydrogen (secondary N) is 2. The highest BCUT2D eigenvalue weighted by Gasteiger charge is 2.20. The summed E-state index contributed by atoms with van der Waals surface area (Å²) in [6.07, 6.45) is 8.55. The van der Waals surface area contributed by atoms with Crippen LogP contribution in [0.25, 0.3) is 0 Å². The van der Waals surface area contributed by atoms with Gasteiger partial charge in [-0.05, 0) is 62.5 Å². The van der Waals surface area contributed by atoms with Crippen LogP contribution in [0.3, 0.4) is 0 Å². The number of halogens is 1. The van der Waals surface area contributed by atoms with E-state index in [9.17, 15) is 0 Å². The predicted molar refractivity (Wildman–Crippen MR) is 121 cm³/mol. The number of likely N-dealkylation sites (tertiary alicyclic amines) is 1. The first kappa shape index (κ1) is 24.3. The molecule has 0 radical (unpaired) electrons. The molecule has 0 amide bonds. The molecular formula is C18H39IN4S. The van der Waals surface area contributed by atoms with Crippen LogP contribution >= 0.6 is 35.7 Å². The van der Waals surface area contributed by atoms with Crippen molar-refractivity contribution in [1.29, 1.82) is 0 Å². The number of piperidine rings is 1. The fourth-order valence-corrected chi connectivity index (χ4v) is 3.93. The lowest BCUT2D eigenvalue weighted by Gasteiger charge is -2.34. The van der Waals surface area contributed by atoms with Gasteiger partial charge in [-0.3, -0.25) is 4.99 Å². The van der Waals surface area contributed by atoms with Crippen molar-refractivity contribution in [3.63, 3.8) is 0 Å². The minimum Gasteiger partial charge on any atom is -0.356 e. The fraction of sp³-hybridized carbons (Fsp3) is 0.944. The predicted octanol–water partition coefficient (Wildman–Crippen LogP) is 3.67. The zero-order valence-corrected chi connectivity index (χ0v) is 19.3. The molecule has 0 saturated carbocycles. The van der Waals surface area contributed by atoms with Crippen molar-refractivity contribution in [3.8, 4) is 0 Å². The molecule has 1 aliphatic heterocycles. The number of nitrogens with zero attached hydrogens (tertiary/aromatic N) is 2. The summed E-state index contributed by atoms with van der Waals surface area (Å²) in [5.74, 6) is 3.94. The molecule has 2 atom stereocenters. The Kier molecular flexibility index (Phi) is 15.8. The van der Waals surface area contributed by atoms with Crippen LogP contribution in [0.1, 0.15) is 46.0 Å². The van der Waals surface area contributed by atoms with Gasteiger partial charge in [0, 0.05) is 33.2 Å². The third-order valence-corrected chi connectivity index (χ3v) is 5.13. The van der Waals surface area contributed by atoms with E-state index in [4.69, 9.17) is 0 Å². The lowest BCUT2D eigenvalue weighted by molar-refractivity contribution is 0.139. The molecule has 1 aliphatic rings. The van der Waals surface area contributed by atoms with Crippen LogP contribution in [0.15, 0.2) is 4.99 Å². The Balaban J connectivity index is 0.00000529. The second kappa shape index (κ2) is 15.6. The largest absolute Gasteiger partial charge is 0.356 e. The van der Waals surface area contributed by atoms with E-state index in [1.54, 1.807) is 0 Å². The first-order valence-corrected chi connectivity index (χ1v) is 10.7. The van der Waals surface area contributed by atoms with E-state index in [0.29, 0.717) is 0 Å². The maximum atomic E-state index is 4.29. The van der Waals surface area contributed by atoms with E-state index in [1.807, 2.05) is 18.8 Å². The van der Waals surface area contributed by atoms with Crippen LogP contribution in [0.2, 0.25) is 0 Å². The van der Waals surface area contributed by atoms with E-state index < -0.39 is 0 Å². The van der Waals surface area contributed by atoms with Gasteiger partial charge in [-0.25, -0.2) is 0 Å². The maximum absolute atomic E-state index is 4.29. The van der Waals surface area contributed by atoms with E-state index in [2.05, 4.69) is 40.6 Å². The molecule has 24 heavy (non-hydrogen) atoms. The number of unbranched alkanes of at least 4 members (excludes halogenated alkanes) is 2. The minimum absolute atomic E-state index is 0. The van der Waals surface area contributed by atoms with Crippen molar-refractivity contribution >= 4 is 41.7 Å². The molecule has 0 aromatic heterocycles. The Morgan fingerprint density at radius 1 is 1.04 bits per heavy atom. The molecule has 0 aromatic carbocycles. The first-order valence-electron chi connectivity index (χ1n) is 9.31. The lowest BCUT2D eigenvalue weighted by Crippen LogP contribution is -2.40. The van der Waals surface area contributed by atoms with Gasteiger partial charge in [0.25, 0.3) is 0 Å². The zero-order valence-electron chi connectivity index (χ0n) is 16.1. The van der Waals surface area contributed by atoms with Crippen LogP contribution in [-0.2, 0) is 0 Å². The summed E-state index contributed by atoms with van der Waals surface area (Å²) < 4.78 is 0. The Hall–Kier alpha value is 0.310. The first-order chi connectivity index (χ1) is 11.2. The molecule has 2 N–H and O–H groups in total. The van der Waals surface area contributed by atoms with E-state index in [-0.39, 0.29) is 24.0 Å². The summed E-state index contributed by atoms with van der Waals surface area (Å²) in [5, 5.41) is 6.83. The Bertz CT molecular complexity index is 318. The second-order valence-electron chi connectivity index (χ2n) is 7.04. The number of guanidine groups is 1. The highest BCUT2D eigenvalue weighted by Crippen LogP contribution is 2.20. The van der Waals surface area contributed by atoms with Crippen molar-refractivity contribution in [1.82, 2.24) is 15.5 Å². The molecule has 0 aromatic rings. The molecule has 0 spiro atoms. The summed E-state index contributed by atoms with van der Waals surface area (Å²) in [4.78, 5) is 6.94. The van der Waals surface area contributed by atoms with Gasteiger partial charge in [-0.2, -0.15) is 11.8 Å². The van der Waals surface area contributed by atoms with Crippen LogP contribution < -0.4 is 10.6 Å². The SMILES string of the molecule is CN=C(NCCCCSC)NCCCCN1CC(C)CC(C)C1.I. The molecule has 0 bridgehead atoms. The molecule has 0 aliphatic carbocycles. The molecule has 144 valence electrons. The molecule has 6 heteroatoms. The van der Waals surface area contributed by atoms with Crippen molar-refractivity contribution in [2.75, 3.05) is 51.8 Å². The van der Waals surface area contributed by atoms with Crippen LogP contribution in [-0.4, -0.2) is 62.6 Å². The highest BCUT2D eigenvalue weighted by molar-refractivity contribution is 14.0. The normalized spacial score (nSPS) is 22.1. The number of hydrogen-bond acceptors (Lipinski definition) is 3. The van der Waals surface area contributed by atoms with Crippen LogP contribution in [0.5, 0.6) is 0 Å². The van der Waals surface area contributed by atoms with Gasteiger partial charge in [-0.15, -0.1) is 24.0 Å². The summed E-state index contributed by atoms with van der Waals surface area (Å²) in [7, 11) is 1.85. The van der Waals surface area contributed by atoms with E-state index in [1.165, 1.54) is 57.5 Å². The number of thioether (sulfide) groups is 1. The van der Waals surface area contributed by atoms with Crippen molar-refractivity contribution in [2.24, 2.45) is 16.8 Å². The average Bonchev–Trinajstić information content (AvgIpc) is 2.51.